The van der Waals surface area contributed by atoms with Gasteiger partial charge in [0.1, 0.15) is 0 Å². The molecule has 0 saturated heterocycles. The largest absolute Gasteiger partial charge is 0.269 e. The van der Waals surface area contributed by atoms with Gasteiger partial charge in [-0.1, -0.05) is 27.5 Å². The van der Waals surface area contributed by atoms with Crippen molar-refractivity contribution in [1.82, 2.24) is 0 Å². The van der Waals surface area contributed by atoms with E-state index in [0.29, 0.717) is 5.02 Å². The van der Waals surface area contributed by atoms with Gasteiger partial charge in [0, 0.05) is 33.8 Å². The molecule has 0 unspecified atom stereocenters. The Bertz CT molecular complexity index is 546. The zero-order valence-electron chi connectivity index (χ0n) is 9.90. The lowest BCUT2D eigenvalue weighted by Gasteiger charge is -1.88. The van der Waals surface area contributed by atoms with E-state index in [-0.39, 0.29) is 11.4 Å². The van der Waals surface area contributed by atoms with Crippen molar-refractivity contribution in [2.45, 2.75) is 0 Å². The number of hydrogen-bond acceptors (Lipinski definition) is 4. The number of rotatable bonds is 2. The summed E-state index contributed by atoms with van der Waals surface area (Å²) < 4.78 is 0.845. The van der Waals surface area contributed by atoms with Gasteiger partial charge in [-0.05, 0) is 24.3 Å². The fourth-order valence-corrected chi connectivity index (χ4v) is 1.52. The molecule has 0 aliphatic carbocycles. The monoisotopic (exact) mass is 358 g/mol. The molecule has 104 valence electrons. The summed E-state index contributed by atoms with van der Waals surface area (Å²) in [6.07, 6.45) is 0. The van der Waals surface area contributed by atoms with Crippen LogP contribution in [0.5, 0.6) is 0 Å². The Kier molecular flexibility index (Phi) is 6.08. The molecule has 0 saturated carbocycles. The second kappa shape index (κ2) is 7.56. The number of nitro benzene ring substituents is 2. The number of nitro groups is 2. The van der Waals surface area contributed by atoms with Crippen LogP contribution in [0.2, 0.25) is 5.02 Å². The molecule has 0 aliphatic rings. The van der Waals surface area contributed by atoms with Crippen LogP contribution in [0, 0.1) is 20.2 Å². The Balaban J connectivity index is 0.000000200. The summed E-state index contributed by atoms with van der Waals surface area (Å²) in [5.41, 5.74) is 0.174. The highest BCUT2D eigenvalue weighted by molar-refractivity contribution is 9.10. The van der Waals surface area contributed by atoms with Gasteiger partial charge in [-0.25, -0.2) is 0 Å². The van der Waals surface area contributed by atoms with Gasteiger partial charge < -0.3 is 0 Å². The van der Waals surface area contributed by atoms with Crippen molar-refractivity contribution in [3.05, 3.63) is 78.3 Å². The minimum absolute atomic E-state index is 0.0596. The predicted molar refractivity (Wildman–Crippen MR) is 78.9 cm³/mol. The van der Waals surface area contributed by atoms with Gasteiger partial charge in [0.25, 0.3) is 11.4 Å². The Morgan fingerprint density at radius 2 is 1.15 bits per heavy atom. The minimum Gasteiger partial charge on any atom is -0.258 e. The second-order valence-corrected chi connectivity index (χ2v) is 4.82. The summed E-state index contributed by atoms with van der Waals surface area (Å²) in [4.78, 5) is 19.3. The van der Waals surface area contributed by atoms with E-state index in [0.717, 1.165) is 4.47 Å². The molecule has 0 amide bonds. The SMILES string of the molecule is O=[N+]([O-])c1ccc(Br)cc1.O=[N+]([O-])c1ccc(Cl)cc1. The molecule has 0 spiro atoms. The van der Waals surface area contributed by atoms with Crippen LogP contribution < -0.4 is 0 Å². The van der Waals surface area contributed by atoms with Crippen molar-refractivity contribution in [1.29, 1.82) is 0 Å². The molecule has 0 aliphatic heterocycles. The van der Waals surface area contributed by atoms with Gasteiger partial charge in [-0.2, -0.15) is 0 Å². The Hall–Kier alpha value is -1.99. The molecule has 0 fully saturated rings. The minimum atomic E-state index is -0.462. The van der Waals surface area contributed by atoms with E-state index in [1.807, 2.05) is 0 Å². The third-order valence-electron chi connectivity index (χ3n) is 2.07. The van der Waals surface area contributed by atoms with E-state index in [1.54, 1.807) is 12.1 Å². The van der Waals surface area contributed by atoms with Crippen molar-refractivity contribution in [2.24, 2.45) is 0 Å². The third-order valence-corrected chi connectivity index (χ3v) is 2.86. The fourth-order valence-electron chi connectivity index (χ4n) is 1.13. The molecule has 2 aromatic rings. The lowest BCUT2D eigenvalue weighted by atomic mass is 10.3. The second-order valence-electron chi connectivity index (χ2n) is 3.47. The molecule has 0 radical (unpaired) electrons. The van der Waals surface area contributed by atoms with Crippen molar-refractivity contribution < 1.29 is 9.85 Å². The molecule has 2 rings (SSSR count). The van der Waals surface area contributed by atoms with Crippen LogP contribution in [0.3, 0.4) is 0 Å². The smallest absolute Gasteiger partial charge is 0.258 e. The maximum absolute atomic E-state index is 10.1. The van der Waals surface area contributed by atoms with E-state index in [4.69, 9.17) is 11.6 Å². The van der Waals surface area contributed by atoms with E-state index >= 15 is 0 Å². The van der Waals surface area contributed by atoms with Crippen LogP contribution in [0.1, 0.15) is 0 Å². The van der Waals surface area contributed by atoms with E-state index < -0.39 is 9.85 Å². The van der Waals surface area contributed by atoms with E-state index in [1.165, 1.54) is 36.4 Å². The summed E-state index contributed by atoms with van der Waals surface area (Å²) in [6.45, 7) is 0. The summed E-state index contributed by atoms with van der Waals surface area (Å²) >= 11 is 8.67. The molecule has 0 atom stereocenters. The van der Waals surface area contributed by atoms with E-state index in [2.05, 4.69) is 15.9 Å². The predicted octanol–water partition coefficient (Wildman–Crippen LogP) is 4.61. The summed E-state index contributed by atoms with van der Waals surface area (Å²) in [5, 5.41) is 20.7. The first-order valence-corrected chi connectivity index (χ1v) is 6.37. The quantitative estimate of drug-likeness (QED) is 0.579. The van der Waals surface area contributed by atoms with E-state index in [9.17, 15) is 20.2 Å². The Morgan fingerprint density at radius 1 is 0.800 bits per heavy atom. The molecule has 20 heavy (non-hydrogen) atoms. The Morgan fingerprint density at radius 3 is 1.50 bits per heavy atom. The zero-order chi connectivity index (χ0) is 15.1. The lowest BCUT2D eigenvalue weighted by Crippen LogP contribution is -1.85. The van der Waals surface area contributed by atoms with Crippen LogP contribution in [0.4, 0.5) is 11.4 Å². The molecule has 2 aromatic carbocycles. The summed E-state index contributed by atoms with van der Waals surface area (Å²) in [7, 11) is 0. The first-order chi connectivity index (χ1) is 9.40. The lowest BCUT2D eigenvalue weighted by molar-refractivity contribution is -0.385. The highest BCUT2D eigenvalue weighted by atomic mass is 79.9. The van der Waals surface area contributed by atoms with Crippen LogP contribution >= 0.6 is 27.5 Å². The standard InChI is InChI=1S/C6H4BrNO2.C6H4ClNO2/c2*7-5-1-3-6(4-2-5)8(9)10/h2*1-4H. The van der Waals surface area contributed by atoms with Crippen LogP contribution in [0.25, 0.3) is 0 Å². The molecule has 6 nitrogen and oxygen atoms in total. The topological polar surface area (TPSA) is 86.3 Å². The van der Waals surface area contributed by atoms with Crippen LogP contribution in [0.15, 0.2) is 53.0 Å². The number of benzene rings is 2. The molecule has 0 N–H and O–H groups in total. The molecule has 0 aromatic heterocycles. The van der Waals surface area contributed by atoms with Gasteiger partial charge in [0.05, 0.1) is 9.85 Å². The number of non-ortho nitro benzene ring substituents is 2. The normalized spacial score (nSPS) is 9.30. The third kappa shape index (κ3) is 5.33. The molecular formula is C12H8BrClN2O4. The average molecular weight is 360 g/mol. The number of halogens is 2. The first kappa shape index (κ1) is 16.1. The van der Waals surface area contributed by atoms with Crippen LogP contribution in [-0.4, -0.2) is 9.85 Å². The highest BCUT2D eigenvalue weighted by Crippen LogP contribution is 2.15. The molecule has 0 bridgehead atoms. The zero-order valence-corrected chi connectivity index (χ0v) is 12.2. The molecule has 8 heteroatoms. The first-order valence-electron chi connectivity index (χ1n) is 5.20. The van der Waals surface area contributed by atoms with Gasteiger partial charge in [-0.15, -0.1) is 0 Å². The van der Waals surface area contributed by atoms with Crippen molar-refractivity contribution in [3.8, 4) is 0 Å². The maximum atomic E-state index is 10.1. The van der Waals surface area contributed by atoms with Crippen molar-refractivity contribution in [2.75, 3.05) is 0 Å². The van der Waals surface area contributed by atoms with Gasteiger partial charge in [-0.3, -0.25) is 20.2 Å². The van der Waals surface area contributed by atoms with Gasteiger partial charge in [0.2, 0.25) is 0 Å². The molecule has 0 heterocycles. The molecular weight excluding hydrogens is 351 g/mol. The average Bonchev–Trinajstić information content (AvgIpc) is 2.40. The Labute approximate surface area is 127 Å². The maximum Gasteiger partial charge on any atom is 0.269 e. The van der Waals surface area contributed by atoms with Crippen LogP contribution in [-0.2, 0) is 0 Å². The van der Waals surface area contributed by atoms with Crippen molar-refractivity contribution in [3.63, 3.8) is 0 Å². The number of hydrogen-bond donors (Lipinski definition) is 0. The number of nitrogens with zero attached hydrogens (tertiary/aromatic N) is 2. The highest BCUT2D eigenvalue weighted by Gasteiger charge is 2.02. The fraction of sp³-hybridized carbons (Fsp3) is 0. The summed E-state index contributed by atoms with van der Waals surface area (Å²) in [6, 6.07) is 11.9. The van der Waals surface area contributed by atoms with Gasteiger partial charge in [0.15, 0.2) is 0 Å². The van der Waals surface area contributed by atoms with Crippen molar-refractivity contribution >= 4 is 38.9 Å². The van der Waals surface area contributed by atoms with Gasteiger partial charge >= 0.3 is 0 Å². The summed E-state index contributed by atoms with van der Waals surface area (Å²) in [5.74, 6) is 0.